The van der Waals surface area contributed by atoms with Crippen LogP contribution in [0, 0.1) is 19.8 Å². The molecule has 138 valence electrons. The number of halogens is 2. The number of piperidine rings is 1. The Morgan fingerprint density at radius 2 is 1.77 bits per heavy atom. The van der Waals surface area contributed by atoms with Crippen LogP contribution in [0.3, 0.4) is 0 Å². The Bertz CT molecular complexity index is 799. The normalized spacial score (nSPS) is 15.8. The van der Waals surface area contributed by atoms with E-state index < -0.39 is 0 Å². The third-order valence-electron chi connectivity index (χ3n) is 5.12. The van der Waals surface area contributed by atoms with Crippen LogP contribution in [0.25, 0.3) is 0 Å². The topological polar surface area (TPSA) is 32.3 Å². The molecule has 3 nitrogen and oxygen atoms in total. The van der Waals surface area contributed by atoms with Crippen molar-refractivity contribution in [2.45, 2.75) is 33.2 Å². The van der Waals surface area contributed by atoms with E-state index in [2.05, 4.69) is 24.1 Å². The number of anilines is 1. The molecule has 2 aromatic carbocycles. The van der Waals surface area contributed by atoms with Gasteiger partial charge in [0.05, 0.1) is 10.0 Å². The van der Waals surface area contributed by atoms with Gasteiger partial charge in [-0.15, -0.1) is 0 Å². The van der Waals surface area contributed by atoms with Gasteiger partial charge in [-0.1, -0.05) is 35.3 Å². The maximum atomic E-state index is 12.5. The second-order valence-electron chi connectivity index (χ2n) is 7.09. The summed E-state index contributed by atoms with van der Waals surface area (Å²) in [5.74, 6) is 0.198. The van der Waals surface area contributed by atoms with E-state index >= 15 is 0 Å². The lowest BCUT2D eigenvalue weighted by molar-refractivity contribution is -0.121. The first-order valence-electron chi connectivity index (χ1n) is 8.97. The second-order valence-corrected chi connectivity index (χ2v) is 7.90. The molecular weight excluding hydrogens is 367 g/mol. The summed E-state index contributed by atoms with van der Waals surface area (Å²) in [7, 11) is 0. The highest BCUT2D eigenvalue weighted by atomic mass is 35.5. The fraction of sp³-hybridized carbons (Fsp3) is 0.381. The minimum Gasteiger partial charge on any atom is -0.326 e. The van der Waals surface area contributed by atoms with Gasteiger partial charge in [0, 0.05) is 18.2 Å². The first-order chi connectivity index (χ1) is 12.4. The summed E-state index contributed by atoms with van der Waals surface area (Å²) in [6.07, 6.45) is 1.75. The molecule has 0 saturated carbocycles. The van der Waals surface area contributed by atoms with E-state index in [1.54, 1.807) is 0 Å². The number of nitrogens with zero attached hydrogens (tertiary/aromatic N) is 1. The van der Waals surface area contributed by atoms with Gasteiger partial charge in [-0.3, -0.25) is 9.69 Å². The fourth-order valence-corrected chi connectivity index (χ4v) is 3.63. The van der Waals surface area contributed by atoms with Crippen LogP contribution >= 0.6 is 23.2 Å². The van der Waals surface area contributed by atoms with Gasteiger partial charge in [-0.2, -0.15) is 0 Å². The van der Waals surface area contributed by atoms with Gasteiger partial charge >= 0.3 is 0 Å². The molecule has 1 fully saturated rings. The smallest absolute Gasteiger partial charge is 0.227 e. The van der Waals surface area contributed by atoms with Crippen molar-refractivity contribution >= 4 is 34.8 Å². The molecule has 0 bridgehead atoms. The van der Waals surface area contributed by atoms with Crippen LogP contribution in [0.2, 0.25) is 10.0 Å². The van der Waals surface area contributed by atoms with E-state index in [0.717, 1.165) is 43.7 Å². The van der Waals surface area contributed by atoms with Crippen LogP contribution in [0.15, 0.2) is 36.4 Å². The van der Waals surface area contributed by atoms with E-state index in [1.165, 1.54) is 11.1 Å². The molecule has 1 aliphatic heterocycles. The molecular formula is C21H24Cl2N2O. The van der Waals surface area contributed by atoms with Crippen LogP contribution in [-0.4, -0.2) is 23.9 Å². The number of aryl methyl sites for hydroxylation is 2. The van der Waals surface area contributed by atoms with Crippen LogP contribution in [0.4, 0.5) is 5.69 Å². The Balaban J connectivity index is 1.51. The number of benzene rings is 2. The molecule has 0 unspecified atom stereocenters. The van der Waals surface area contributed by atoms with Crippen molar-refractivity contribution < 1.29 is 4.79 Å². The summed E-state index contributed by atoms with van der Waals surface area (Å²) in [5, 5.41) is 4.24. The number of hydrogen-bond donors (Lipinski definition) is 1. The molecule has 0 spiro atoms. The lowest BCUT2D eigenvalue weighted by atomic mass is 9.95. The van der Waals surface area contributed by atoms with Crippen LogP contribution in [0.5, 0.6) is 0 Å². The van der Waals surface area contributed by atoms with E-state index in [0.29, 0.717) is 10.0 Å². The summed E-state index contributed by atoms with van der Waals surface area (Å²) in [5.41, 5.74) is 4.46. The summed E-state index contributed by atoms with van der Waals surface area (Å²) >= 11 is 12.1. The van der Waals surface area contributed by atoms with E-state index in [1.807, 2.05) is 36.4 Å². The number of carbonyl (C=O) groups excluding carboxylic acids is 1. The predicted octanol–water partition coefficient (Wildman–Crippen LogP) is 5.46. The Morgan fingerprint density at radius 1 is 1.04 bits per heavy atom. The van der Waals surface area contributed by atoms with Crippen molar-refractivity contribution in [2.75, 3.05) is 18.4 Å². The number of rotatable bonds is 4. The first kappa shape index (κ1) is 19.2. The zero-order valence-electron chi connectivity index (χ0n) is 15.2. The molecule has 26 heavy (non-hydrogen) atoms. The number of amides is 1. The fourth-order valence-electron chi connectivity index (χ4n) is 3.31. The van der Waals surface area contributed by atoms with E-state index in [4.69, 9.17) is 23.2 Å². The van der Waals surface area contributed by atoms with E-state index in [-0.39, 0.29) is 11.8 Å². The molecule has 1 saturated heterocycles. The van der Waals surface area contributed by atoms with Crippen molar-refractivity contribution in [3.05, 3.63) is 63.1 Å². The first-order valence-corrected chi connectivity index (χ1v) is 9.72. The van der Waals surface area contributed by atoms with Gasteiger partial charge in [-0.05, 0) is 80.7 Å². The molecule has 1 N–H and O–H groups in total. The van der Waals surface area contributed by atoms with Crippen molar-refractivity contribution in [1.82, 2.24) is 4.90 Å². The zero-order valence-corrected chi connectivity index (χ0v) is 16.7. The van der Waals surface area contributed by atoms with Gasteiger partial charge in [0.1, 0.15) is 0 Å². The highest BCUT2D eigenvalue weighted by Crippen LogP contribution is 2.25. The zero-order chi connectivity index (χ0) is 18.7. The Hall–Kier alpha value is -1.55. The lowest BCUT2D eigenvalue weighted by Gasteiger charge is -2.31. The Kier molecular flexibility index (Phi) is 6.23. The molecule has 1 amide bonds. The van der Waals surface area contributed by atoms with Gasteiger partial charge in [-0.25, -0.2) is 0 Å². The standard InChI is InChI=1S/C21H24Cl2N2O/c1-14-3-5-18(11-15(14)2)24-21(26)17-7-9-25(10-8-17)13-16-4-6-19(22)20(23)12-16/h3-6,11-12,17H,7-10,13H2,1-2H3,(H,24,26). The minimum absolute atomic E-state index is 0.0710. The number of hydrogen-bond acceptors (Lipinski definition) is 2. The maximum absolute atomic E-state index is 12.5. The average Bonchev–Trinajstić information content (AvgIpc) is 2.62. The Labute approximate surface area is 165 Å². The van der Waals surface area contributed by atoms with Crippen molar-refractivity contribution in [1.29, 1.82) is 0 Å². The quantitative estimate of drug-likeness (QED) is 0.751. The molecule has 5 heteroatoms. The largest absolute Gasteiger partial charge is 0.326 e. The maximum Gasteiger partial charge on any atom is 0.227 e. The lowest BCUT2D eigenvalue weighted by Crippen LogP contribution is -2.37. The third-order valence-corrected chi connectivity index (χ3v) is 5.86. The number of carbonyl (C=O) groups is 1. The van der Waals surface area contributed by atoms with Crippen LogP contribution in [0.1, 0.15) is 29.5 Å². The molecule has 0 radical (unpaired) electrons. The molecule has 0 atom stereocenters. The predicted molar refractivity (Wildman–Crippen MR) is 109 cm³/mol. The Morgan fingerprint density at radius 3 is 2.42 bits per heavy atom. The average molecular weight is 391 g/mol. The van der Waals surface area contributed by atoms with Gasteiger partial charge < -0.3 is 5.32 Å². The van der Waals surface area contributed by atoms with Crippen LogP contribution < -0.4 is 5.32 Å². The third kappa shape index (κ3) is 4.79. The molecule has 1 heterocycles. The molecule has 2 aromatic rings. The number of nitrogens with one attached hydrogen (secondary N) is 1. The summed E-state index contributed by atoms with van der Waals surface area (Å²) in [6, 6.07) is 11.8. The molecule has 3 rings (SSSR count). The van der Waals surface area contributed by atoms with E-state index in [9.17, 15) is 4.79 Å². The van der Waals surface area contributed by atoms with Crippen molar-refractivity contribution in [3.8, 4) is 0 Å². The highest BCUT2D eigenvalue weighted by Gasteiger charge is 2.25. The highest BCUT2D eigenvalue weighted by molar-refractivity contribution is 6.42. The van der Waals surface area contributed by atoms with Crippen molar-refractivity contribution in [3.63, 3.8) is 0 Å². The van der Waals surface area contributed by atoms with Gasteiger partial charge in [0.25, 0.3) is 0 Å². The molecule has 1 aliphatic rings. The van der Waals surface area contributed by atoms with Crippen molar-refractivity contribution in [2.24, 2.45) is 5.92 Å². The molecule has 0 aliphatic carbocycles. The van der Waals surface area contributed by atoms with Gasteiger partial charge in [0.2, 0.25) is 5.91 Å². The summed E-state index contributed by atoms with van der Waals surface area (Å²) in [4.78, 5) is 14.9. The summed E-state index contributed by atoms with van der Waals surface area (Å²) in [6.45, 7) is 6.79. The second kappa shape index (κ2) is 8.43. The monoisotopic (exact) mass is 390 g/mol. The molecule has 0 aromatic heterocycles. The number of likely N-dealkylation sites (tertiary alicyclic amines) is 1. The minimum atomic E-state index is 0.0710. The SMILES string of the molecule is Cc1ccc(NC(=O)C2CCN(Cc3ccc(Cl)c(Cl)c3)CC2)cc1C. The van der Waals surface area contributed by atoms with Gasteiger partial charge in [0.15, 0.2) is 0 Å². The van der Waals surface area contributed by atoms with Crippen LogP contribution in [-0.2, 0) is 11.3 Å². The summed E-state index contributed by atoms with van der Waals surface area (Å²) < 4.78 is 0.